The summed E-state index contributed by atoms with van der Waals surface area (Å²) in [6.07, 6.45) is -1.28. The van der Waals surface area contributed by atoms with Gasteiger partial charge in [-0.15, -0.1) is 0 Å². The maximum Gasteiger partial charge on any atom is 0.117 e. The quantitative estimate of drug-likeness (QED) is 0.755. The van der Waals surface area contributed by atoms with Crippen LogP contribution in [-0.4, -0.2) is 22.7 Å². The molecule has 0 bridgehead atoms. The van der Waals surface area contributed by atoms with Crippen molar-refractivity contribution >= 4 is 11.6 Å². The Hall–Kier alpha value is -1.39. The summed E-state index contributed by atoms with van der Waals surface area (Å²) in [5.74, 6) is -0.248. The monoisotopic (exact) mass is 289 g/mol. The average molecular weight is 290 g/mol. The van der Waals surface area contributed by atoms with E-state index >= 15 is 0 Å². The summed E-state index contributed by atoms with van der Waals surface area (Å²) in [7, 11) is 0. The van der Waals surface area contributed by atoms with Crippen LogP contribution in [-0.2, 0) is 6.42 Å². The molecule has 0 saturated heterocycles. The van der Waals surface area contributed by atoms with Gasteiger partial charge in [-0.1, -0.05) is 54.1 Å². The van der Waals surface area contributed by atoms with Gasteiger partial charge in [0, 0.05) is 17.4 Å². The Morgan fingerprint density at radius 1 is 1.00 bits per heavy atom. The van der Waals surface area contributed by atoms with Gasteiger partial charge in [-0.2, -0.15) is 0 Å². The molecule has 0 aliphatic carbocycles. The normalized spacial score (nSPS) is 25.9. The van der Waals surface area contributed by atoms with Gasteiger partial charge in [-0.3, -0.25) is 5.32 Å². The van der Waals surface area contributed by atoms with Gasteiger partial charge in [0.2, 0.25) is 0 Å². The Kier molecular flexibility index (Phi) is 3.76. The molecule has 0 fully saturated rings. The van der Waals surface area contributed by atoms with Gasteiger partial charge >= 0.3 is 0 Å². The molecule has 1 heterocycles. The first-order chi connectivity index (χ1) is 9.66. The molecule has 4 heteroatoms. The van der Waals surface area contributed by atoms with E-state index in [1.54, 1.807) is 0 Å². The molecule has 0 spiro atoms. The Balaban J connectivity index is 2.16. The minimum atomic E-state index is -0.855. The number of fused-ring (bicyclic) bond motifs is 1. The SMILES string of the molecule is OC1Cc2c(Cl)cccc2C(c2ccccc2)C(O)N1. The smallest absolute Gasteiger partial charge is 0.117 e. The first kappa shape index (κ1) is 13.6. The topological polar surface area (TPSA) is 52.5 Å². The highest BCUT2D eigenvalue weighted by atomic mass is 35.5. The van der Waals surface area contributed by atoms with Crippen molar-refractivity contribution in [2.45, 2.75) is 24.8 Å². The number of hydrogen-bond donors (Lipinski definition) is 3. The zero-order chi connectivity index (χ0) is 14.1. The minimum Gasteiger partial charge on any atom is -0.378 e. The molecule has 3 rings (SSSR count). The van der Waals surface area contributed by atoms with E-state index in [1.807, 2.05) is 48.5 Å². The predicted octanol–water partition coefficient (Wildman–Crippen LogP) is 2.25. The lowest BCUT2D eigenvalue weighted by molar-refractivity contribution is 0.0400. The lowest BCUT2D eigenvalue weighted by Gasteiger charge is -2.24. The highest BCUT2D eigenvalue weighted by Gasteiger charge is 2.31. The van der Waals surface area contributed by atoms with E-state index in [4.69, 9.17) is 11.6 Å². The molecule has 3 unspecified atom stereocenters. The molecule has 2 aromatic rings. The van der Waals surface area contributed by atoms with Gasteiger partial charge in [0.1, 0.15) is 12.5 Å². The van der Waals surface area contributed by atoms with Gasteiger partial charge in [0.25, 0.3) is 0 Å². The second kappa shape index (κ2) is 5.54. The van der Waals surface area contributed by atoms with Gasteiger partial charge in [0.15, 0.2) is 0 Å². The van der Waals surface area contributed by atoms with E-state index in [0.717, 1.165) is 16.7 Å². The molecule has 3 atom stereocenters. The van der Waals surface area contributed by atoms with Crippen molar-refractivity contribution in [1.29, 1.82) is 0 Å². The fourth-order valence-electron chi connectivity index (χ4n) is 2.82. The highest BCUT2D eigenvalue weighted by Crippen LogP contribution is 2.35. The van der Waals surface area contributed by atoms with Crippen LogP contribution in [0, 0.1) is 0 Å². The summed E-state index contributed by atoms with van der Waals surface area (Å²) in [6, 6.07) is 15.4. The molecule has 2 aromatic carbocycles. The number of halogens is 1. The summed E-state index contributed by atoms with van der Waals surface area (Å²) in [5, 5.41) is 23.8. The first-order valence-electron chi connectivity index (χ1n) is 6.61. The molecule has 104 valence electrons. The van der Waals surface area contributed by atoms with Crippen LogP contribution in [0.2, 0.25) is 5.02 Å². The number of hydrogen-bond acceptors (Lipinski definition) is 3. The predicted molar refractivity (Wildman–Crippen MR) is 78.6 cm³/mol. The molecule has 0 saturated carbocycles. The number of aliphatic hydroxyl groups excluding tert-OH is 2. The largest absolute Gasteiger partial charge is 0.378 e. The van der Waals surface area contributed by atoms with Crippen molar-refractivity contribution in [3.8, 4) is 0 Å². The van der Waals surface area contributed by atoms with Crippen LogP contribution in [0.1, 0.15) is 22.6 Å². The maximum atomic E-state index is 10.4. The van der Waals surface area contributed by atoms with E-state index in [9.17, 15) is 10.2 Å². The van der Waals surface area contributed by atoms with Gasteiger partial charge in [-0.25, -0.2) is 0 Å². The zero-order valence-corrected chi connectivity index (χ0v) is 11.6. The summed E-state index contributed by atoms with van der Waals surface area (Å²) in [4.78, 5) is 0. The summed E-state index contributed by atoms with van der Waals surface area (Å²) in [6.45, 7) is 0. The van der Waals surface area contributed by atoms with Crippen LogP contribution in [0.5, 0.6) is 0 Å². The van der Waals surface area contributed by atoms with Crippen molar-refractivity contribution < 1.29 is 10.2 Å². The average Bonchev–Trinajstić information content (AvgIpc) is 2.56. The molecule has 0 amide bonds. The van der Waals surface area contributed by atoms with Crippen molar-refractivity contribution in [2.24, 2.45) is 0 Å². The van der Waals surface area contributed by atoms with Crippen LogP contribution in [0.15, 0.2) is 48.5 Å². The molecule has 0 aromatic heterocycles. The van der Waals surface area contributed by atoms with Gasteiger partial charge in [-0.05, 0) is 22.8 Å². The third-order valence-corrected chi connectivity index (χ3v) is 4.08. The molecular formula is C16H16ClNO2. The van der Waals surface area contributed by atoms with Crippen LogP contribution >= 0.6 is 11.6 Å². The van der Waals surface area contributed by atoms with Crippen LogP contribution in [0.4, 0.5) is 0 Å². The molecule has 3 nitrogen and oxygen atoms in total. The summed E-state index contributed by atoms with van der Waals surface area (Å²) in [5.41, 5.74) is 2.84. The Bertz CT molecular complexity index is 603. The van der Waals surface area contributed by atoms with Gasteiger partial charge in [0.05, 0.1) is 0 Å². The minimum absolute atomic E-state index is 0.248. The Labute approximate surface area is 122 Å². The van der Waals surface area contributed by atoms with E-state index in [1.165, 1.54) is 0 Å². The molecule has 0 radical (unpaired) electrons. The molecule has 3 N–H and O–H groups in total. The van der Waals surface area contributed by atoms with Crippen molar-refractivity contribution in [3.63, 3.8) is 0 Å². The third-order valence-electron chi connectivity index (χ3n) is 3.73. The lowest BCUT2D eigenvalue weighted by atomic mass is 9.87. The molecule has 20 heavy (non-hydrogen) atoms. The standard InChI is InChI=1S/C16H16ClNO2/c17-13-8-4-7-11-12(13)9-14(19)18-16(20)15(11)10-5-2-1-3-6-10/h1-8,14-16,18-20H,9H2. The van der Waals surface area contributed by atoms with Crippen LogP contribution < -0.4 is 5.32 Å². The van der Waals surface area contributed by atoms with E-state index < -0.39 is 12.5 Å². The van der Waals surface area contributed by atoms with Crippen molar-refractivity contribution in [2.75, 3.05) is 0 Å². The fourth-order valence-corrected chi connectivity index (χ4v) is 3.08. The zero-order valence-electron chi connectivity index (χ0n) is 10.8. The number of nitrogens with one attached hydrogen (secondary N) is 1. The molecule has 1 aliphatic rings. The number of benzene rings is 2. The van der Waals surface area contributed by atoms with E-state index in [0.29, 0.717) is 11.4 Å². The number of aliphatic hydroxyl groups is 2. The fraction of sp³-hybridized carbons (Fsp3) is 0.250. The second-order valence-corrected chi connectivity index (χ2v) is 5.43. The third kappa shape index (κ3) is 2.45. The molecule has 1 aliphatic heterocycles. The second-order valence-electron chi connectivity index (χ2n) is 5.03. The van der Waals surface area contributed by atoms with E-state index in [2.05, 4.69) is 5.32 Å². The van der Waals surface area contributed by atoms with Gasteiger partial charge < -0.3 is 10.2 Å². The van der Waals surface area contributed by atoms with Crippen LogP contribution in [0.25, 0.3) is 0 Å². The van der Waals surface area contributed by atoms with Crippen LogP contribution in [0.3, 0.4) is 0 Å². The van der Waals surface area contributed by atoms with E-state index in [-0.39, 0.29) is 5.92 Å². The summed E-state index contributed by atoms with van der Waals surface area (Å²) >= 11 is 6.26. The molecular weight excluding hydrogens is 274 g/mol. The lowest BCUT2D eigenvalue weighted by Crippen LogP contribution is -2.40. The maximum absolute atomic E-state index is 10.4. The summed E-state index contributed by atoms with van der Waals surface area (Å²) < 4.78 is 0. The highest BCUT2D eigenvalue weighted by molar-refractivity contribution is 6.31. The Morgan fingerprint density at radius 2 is 1.75 bits per heavy atom. The van der Waals surface area contributed by atoms with Crippen molar-refractivity contribution in [3.05, 3.63) is 70.2 Å². The van der Waals surface area contributed by atoms with Crippen molar-refractivity contribution in [1.82, 2.24) is 5.32 Å². The Morgan fingerprint density at radius 3 is 2.50 bits per heavy atom. The first-order valence-corrected chi connectivity index (χ1v) is 6.99. The number of rotatable bonds is 1.